The number of halogens is 1. The summed E-state index contributed by atoms with van der Waals surface area (Å²) in [7, 11) is 1.75. The highest BCUT2D eigenvalue weighted by Crippen LogP contribution is 2.16. The number of para-hydroxylation sites is 1. The van der Waals surface area contributed by atoms with Crippen molar-refractivity contribution in [1.82, 2.24) is 20.4 Å². The van der Waals surface area contributed by atoms with Gasteiger partial charge < -0.3 is 25.3 Å². The number of rotatable bonds is 7. The van der Waals surface area contributed by atoms with Crippen LogP contribution < -0.4 is 15.5 Å². The zero-order valence-corrected chi connectivity index (χ0v) is 21.4. The van der Waals surface area contributed by atoms with Crippen LogP contribution in [0.25, 0.3) is 0 Å². The zero-order valence-electron chi connectivity index (χ0n) is 19.1. The third-order valence-electron chi connectivity index (χ3n) is 6.20. The van der Waals surface area contributed by atoms with Gasteiger partial charge in [-0.15, -0.1) is 24.0 Å². The second-order valence-corrected chi connectivity index (χ2v) is 8.43. The molecule has 0 saturated carbocycles. The molecule has 1 amide bonds. The number of amides is 1. The molecule has 2 N–H and O–H groups in total. The van der Waals surface area contributed by atoms with E-state index in [4.69, 9.17) is 0 Å². The van der Waals surface area contributed by atoms with E-state index in [-0.39, 0.29) is 36.4 Å². The van der Waals surface area contributed by atoms with E-state index in [2.05, 4.69) is 56.6 Å². The fourth-order valence-electron chi connectivity index (χ4n) is 4.14. The van der Waals surface area contributed by atoms with Crippen molar-refractivity contribution in [2.75, 3.05) is 70.9 Å². The van der Waals surface area contributed by atoms with E-state index in [1.807, 2.05) is 11.0 Å². The van der Waals surface area contributed by atoms with Gasteiger partial charge in [-0.1, -0.05) is 25.1 Å². The Morgan fingerprint density at radius 2 is 1.71 bits per heavy atom. The smallest absolute Gasteiger partial charge is 0.242 e. The van der Waals surface area contributed by atoms with Gasteiger partial charge in [0.1, 0.15) is 0 Å². The minimum atomic E-state index is 0. The molecule has 0 bridgehead atoms. The normalized spacial score (nSPS) is 18.5. The summed E-state index contributed by atoms with van der Waals surface area (Å²) in [5, 5.41) is 6.51. The van der Waals surface area contributed by atoms with E-state index < -0.39 is 0 Å². The fraction of sp³-hybridized carbons (Fsp3) is 0.652. The number of carbonyl (C=O) groups excluding carboxylic acids is 1. The first-order chi connectivity index (χ1) is 14.7. The second kappa shape index (κ2) is 13.8. The number of nitrogens with zero attached hydrogens (tertiary/aromatic N) is 4. The van der Waals surface area contributed by atoms with Crippen LogP contribution in [0, 0.1) is 5.92 Å². The molecule has 0 atom stereocenters. The number of hydrogen-bond acceptors (Lipinski definition) is 4. The van der Waals surface area contributed by atoms with Gasteiger partial charge in [0.25, 0.3) is 0 Å². The molecule has 1 aromatic rings. The summed E-state index contributed by atoms with van der Waals surface area (Å²) in [4.78, 5) is 23.7. The third kappa shape index (κ3) is 8.48. The van der Waals surface area contributed by atoms with Gasteiger partial charge in [-0.05, 0) is 56.9 Å². The monoisotopic (exact) mass is 542 g/mol. The Kier molecular flexibility index (Phi) is 11.4. The number of carbonyl (C=O) groups is 1. The third-order valence-corrected chi connectivity index (χ3v) is 6.20. The van der Waals surface area contributed by atoms with Crippen molar-refractivity contribution in [3.05, 3.63) is 30.3 Å². The molecule has 0 aliphatic carbocycles. The van der Waals surface area contributed by atoms with Crippen molar-refractivity contribution in [3.63, 3.8) is 0 Å². The van der Waals surface area contributed by atoms with Gasteiger partial charge in [-0.3, -0.25) is 9.79 Å². The van der Waals surface area contributed by atoms with Gasteiger partial charge >= 0.3 is 0 Å². The van der Waals surface area contributed by atoms with Gasteiger partial charge in [0.15, 0.2) is 5.96 Å². The summed E-state index contributed by atoms with van der Waals surface area (Å²) in [6.45, 7) is 10.3. The Balaban J connectivity index is 0.00000341. The fourth-order valence-corrected chi connectivity index (χ4v) is 4.14. The lowest BCUT2D eigenvalue weighted by molar-refractivity contribution is -0.130. The molecule has 2 heterocycles. The van der Waals surface area contributed by atoms with Gasteiger partial charge in [-0.25, -0.2) is 0 Å². The first-order valence-corrected chi connectivity index (χ1v) is 11.4. The molecule has 2 aliphatic rings. The highest BCUT2D eigenvalue weighted by atomic mass is 127. The molecule has 7 nitrogen and oxygen atoms in total. The number of aliphatic imine (C=N–C) groups is 1. The molecule has 2 fully saturated rings. The number of hydrogen-bond donors (Lipinski definition) is 2. The minimum Gasteiger partial charge on any atom is -0.368 e. The maximum absolute atomic E-state index is 12.6. The molecular formula is C23H39IN6O. The summed E-state index contributed by atoms with van der Waals surface area (Å²) in [6.07, 6.45) is 3.72. The van der Waals surface area contributed by atoms with Crippen LogP contribution in [0.1, 0.15) is 26.2 Å². The SMILES string of the molecule is CN=C(NCCCN1CCC(C)CC1)NCC(=O)N1CCN(c2ccccc2)CC1.I. The lowest BCUT2D eigenvalue weighted by atomic mass is 9.99. The number of piperidine rings is 1. The van der Waals surface area contributed by atoms with Gasteiger partial charge in [0.2, 0.25) is 5.91 Å². The highest BCUT2D eigenvalue weighted by Gasteiger charge is 2.21. The molecular weight excluding hydrogens is 503 g/mol. The molecule has 3 rings (SSSR count). The molecule has 2 saturated heterocycles. The minimum absolute atomic E-state index is 0. The number of piperazine rings is 1. The number of benzene rings is 1. The average Bonchev–Trinajstić information content (AvgIpc) is 2.80. The molecule has 0 aromatic heterocycles. The average molecular weight is 543 g/mol. The maximum Gasteiger partial charge on any atom is 0.242 e. The molecule has 0 unspecified atom stereocenters. The van der Waals surface area contributed by atoms with Crippen LogP contribution in [0.5, 0.6) is 0 Å². The first-order valence-electron chi connectivity index (χ1n) is 11.4. The van der Waals surface area contributed by atoms with E-state index in [1.165, 1.54) is 31.6 Å². The Morgan fingerprint density at radius 3 is 2.35 bits per heavy atom. The summed E-state index contributed by atoms with van der Waals surface area (Å²) >= 11 is 0. The molecule has 8 heteroatoms. The molecule has 1 aromatic carbocycles. The molecule has 174 valence electrons. The Labute approximate surface area is 204 Å². The van der Waals surface area contributed by atoms with Gasteiger partial charge in [0, 0.05) is 45.5 Å². The summed E-state index contributed by atoms with van der Waals surface area (Å²) in [6, 6.07) is 10.4. The largest absolute Gasteiger partial charge is 0.368 e. The van der Waals surface area contributed by atoms with E-state index in [9.17, 15) is 4.79 Å². The van der Waals surface area contributed by atoms with Gasteiger partial charge in [-0.2, -0.15) is 0 Å². The van der Waals surface area contributed by atoms with E-state index in [0.717, 1.165) is 51.6 Å². The predicted octanol–water partition coefficient (Wildman–Crippen LogP) is 2.24. The number of guanidine groups is 1. The molecule has 31 heavy (non-hydrogen) atoms. The highest BCUT2D eigenvalue weighted by molar-refractivity contribution is 14.0. The van der Waals surface area contributed by atoms with Crippen molar-refractivity contribution >= 4 is 41.5 Å². The second-order valence-electron chi connectivity index (χ2n) is 8.43. The number of anilines is 1. The van der Waals surface area contributed by atoms with Crippen LogP contribution in [0.4, 0.5) is 5.69 Å². The molecule has 0 radical (unpaired) electrons. The first kappa shape index (κ1) is 25.7. The van der Waals surface area contributed by atoms with Gasteiger partial charge in [0.05, 0.1) is 6.54 Å². The van der Waals surface area contributed by atoms with Crippen LogP contribution in [0.3, 0.4) is 0 Å². The van der Waals surface area contributed by atoms with E-state index in [1.54, 1.807) is 7.05 Å². The van der Waals surface area contributed by atoms with Crippen LogP contribution >= 0.6 is 24.0 Å². The Hall–Kier alpha value is -1.55. The summed E-state index contributed by atoms with van der Waals surface area (Å²) in [5.41, 5.74) is 1.23. The van der Waals surface area contributed by atoms with E-state index >= 15 is 0 Å². The summed E-state index contributed by atoms with van der Waals surface area (Å²) < 4.78 is 0. The van der Waals surface area contributed by atoms with Crippen molar-refractivity contribution in [1.29, 1.82) is 0 Å². The van der Waals surface area contributed by atoms with Crippen molar-refractivity contribution in [2.24, 2.45) is 10.9 Å². The van der Waals surface area contributed by atoms with Crippen LogP contribution in [-0.2, 0) is 4.79 Å². The van der Waals surface area contributed by atoms with Crippen molar-refractivity contribution in [3.8, 4) is 0 Å². The van der Waals surface area contributed by atoms with Crippen molar-refractivity contribution < 1.29 is 4.79 Å². The number of nitrogens with one attached hydrogen (secondary N) is 2. The predicted molar refractivity (Wildman–Crippen MR) is 139 cm³/mol. The number of likely N-dealkylation sites (tertiary alicyclic amines) is 1. The Bertz CT molecular complexity index is 670. The van der Waals surface area contributed by atoms with Crippen LogP contribution in [-0.4, -0.2) is 87.6 Å². The van der Waals surface area contributed by atoms with E-state index in [0.29, 0.717) is 5.96 Å². The lowest BCUT2D eigenvalue weighted by Crippen LogP contribution is -2.52. The topological polar surface area (TPSA) is 63.2 Å². The standard InChI is InChI=1S/C23H38N6O.HI/c1-20-9-13-27(14-10-20)12-6-11-25-23(24-2)26-19-22(30)29-17-15-28(16-18-29)21-7-4-3-5-8-21;/h3-5,7-8,20H,6,9-19H2,1-2H3,(H2,24,25,26);1H. The summed E-state index contributed by atoms with van der Waals surface area (Å²) in [5.74, 6) is 1.72. The molecule has 0 spiro atoms. The Morgan fingerprint density at radius 1 is 1.03 bits per heavy atom. The lowest BCUT2D eigenvalue weighted by Gasteiger charge is -2.36. The molecule has 2 aliphatic heterocycles. The quantitative estimate of drug-likeness (QED) is 0.240. The zero-order chi connectivity index (χ0) is 21.2. The van der Waals surface area contributed by atoms with Crippen LogP contribution in [0.2, 0.25) is 0 Å². The van der Waals surface area contributed by atoms with Crippen molar-refractivity contribution in [2.45, 2.75) is 26.2 Å². The van der Waals surface area contributed by atoms with Crippen LogP contribution in [0.15, 0.2) is 35.3 Å². The maximum atomic E-state index is 12.6.